The maximum Gasteiger partial charge on any atom is 0.223 e. The highest BCUT2D eigenvalue weighted by Crippen LogP contribution is 2.29. The minimum Gasteiger partial charge on any atom is -0.368 e. The predicted octanol–water partition coefficient (Wildman–Crippen LogP) is 2.02. The van der Waals surface area contributed by atoms with Crippen LogP contribution in [0, 0.1) is 0 Å². The third kappa shape index (κ3) is 3.42. The molecule has 0 spiro atoms. The number of nitrogen functional groups attached to an aromatic ring is 1. The number of anilines is 2. The molecule has 0 aromatic carbocycles. The number of hydrogen-bond donors (Lipinski definition) is 2. The van der Waals surface area contributed by atoms with E-state index in [1.165, 1.54) is 4.88 Å². The SMILES string of the molecule is CCc1cc2c(NCCS(=O)CC)nc(N)nc2s1. The highest BCUT2D eigenvalue weighted by Gasteiger charge is 2.10. The molecule has 0 saturated carbocycles. The van der Waals surface area contributed by atoms with Crippen LogP contribution in [-0.2, 0) is 17.2 Å². The molecule has 0 bridgehead atoms. The molecule has 1 unspecified atom stereocenters. The van der Waals surface area contributed by atoms with Crippen LogP contribution in [0.1, 0.15) is 18.7 Å². The number of aromatic nitrogens is 2. The minimum atomic E-state index is -0.771. The van der Waals surface area contributed by atoms with Crippen LogP contribution >= 0.6 is 11.3 Å². The molecule has 0 fully saturated rings. The number of nitrogens with zero attached hydrogens (tertiary/aromatic N) is 2. The van der Waals surface area contributed by atoms with E-state index in [4.69, 9.17) is 5.73 Å². The summed E-state index contributed by atoms with van der Waals surface area (Å²) in [5, 5.41) is 4.21. The first-order chi connectivity index (χ1) is 9.13. The third-order valence-electron chi connectivity index (χ3n) is 2.75. The average molecular weight is 298 g/mol. The molecule has 0 aliphatic heterocycles. The molecule has 0 radical (unpaired) electrons. The molecule has 5 nitrogen and oxygen atoms in total. The molecule has 2 rings (SSSR count). The summed E-state index contributed by atoms with van der Waals surface area (Å²) in [4.78, 5) is 10.6. The van der Waals surface area contributed by atoms with E-state index in [-0.39, 0.29) is 5.95 Å². The van der Waals surface area contributed by atoms with Gasteiger partial charge in [-0.05, 0) is 12.5 Å². The van der Waals surface area contributed by atoms with Crippen molar-refractivity contribution < 1.29 is 4.21 Å². The number of nitrogens with two attached hydrogens (primary N) is 1. The maximum absolute atomic E-state index is 11.4. The molecule has 2 aromatic rings. The number of rotatable bonds is 6. The van der Waals surface area contributed by atoms with Gasteiger partial charge in [0.15, 0.2) is 0 Å². The lowest BCUT2D eigenvalue weighted by Crippen LogP contribution is -2.13. The Morgan fingerprint density at radius 3 is 2.89 bits per heavy atom. The van der Waals surface area contributed by atoms with Crippen molar-refractivity contribution in [2.24, 2.45) is 0 Å². The Bertz CT molecular complexity index is 597. The van der Waals surface area contributed by atoms with E-state index in [1.807, 2.05) is 6.92 Å². The smallest absolute Gasteiger partial charge is 0.223 e. The van der Waals surface area contributed by atoms with E-state index in [9.17, 15) is 4.21 Å². The fraction of sp³-hybridized carbons (Fsp3) is 0.500. The first-order valence-electron chi connectivity index (χ1n) is 6.28. The van der Waals surface area contributed by atoms with Crippen LogP contribution in [0.2, 0.25) is 0 Å². The molecule has 1 atom stereocenters. The van der Waals surface area contributed by atoms with Gasteiger partial charge in [0.05, 0.1) is 5.39 Å². The molecule has 3 N–H and O–H groups in total. The summed E-state index contributed by atoms with van der Waals surface area (Å²) >= 11 is 1.64. The van der Waals surface area contributed by atoms with Gasteiger partial charge in [0.2, 0.25) is 5.95 Å². The van der Waals surface area contributed by atoms with E-state index in [0.29, 0.717) is 18.1 Å². The molecular formula is C12H18N4OS2. The van der Waals surface area contributed by atoms with E-state index < -0.39 is 10.8 Å². The quantitative estimate of drug-likeness (QED) is 0.852. The highest BCUT2D eigenvalue weighted by molar-refractivity contribution is 7.84. The van der Waals surface area contributed by atoms with E-state index in [2.05, 4.69) is 28.3 Å². The second-order valence-electron chi connectivity index (χ2n) is 4.07. The van der Waals surface area contributed by atoms with Gasteiger partial charge in [-0.1, -0.05) is 13.8 Å². The van der Waals surface area contributed by atoms with Crippen molar-refractivity contribution in [2.75, 3.05) is 29.1 Å². The predicted molar refractivity (Wildman–Crippen MR) is 83.2 cm³/mol. The summed E-state index contributed by atoms with van der Waals surface area (Å²) in [7, 11) is -0.771. The van der Waals surface area contributed by atoms with Gasteiger partial charge >= 0.3 is 0 Å². The largest absolute Gasteiger partial charge is 0.368 e. The summed E-state index contributed by atoms with van der Waals surface area (Å²) in [6.07, 6.45) is 0.972. The Labute approximate surface area is 119 Å². The van der Waals surface area contributed by atoms with E-state index in [1.54, 1.807) is 11.3 Å². The zero-order valence-electron chi connectivity index (χ0n) is 11.1. The normalized spacial score (nSPS) is 12.7. The van der Waals surface area contributed by atoms with Gasteiger partial charge in [0.25, 0.3) is 0 Å². The third-order valence-corrected chi connectivity index (χ3v) is 5.23. The van der Waals surface area contributed by atoms with Crippen LogP contribution < -0.4 is 11.1 Å². The first kappa shape index (κ1) is 14.2. The van der Waals surface area contributed by atoms with Gasteiger partial charge in [0.1, 0.15) is 10.6 Å². The topological polar surface area (TPSA) is 80.9 Å². The Morgan fingerprint density at radius 1 is 1.42 bits per heavy atom. The van der Waals surface area contributed by atoms with Crippen molar-refractivity contribution in [2.45, 2.75) is 20.3 Å². The maximum atomic E-state index is 11.4. The summed E-state index contributed by atoms with van der Waals surface area (Å²) in [5.41, 5.74) is 5.72. The molecular weight excluding hydrogens is 280 g/mol. The zero-order chi connectivity index (χ0) is 13.8. The molecule has 7 heteroatoms. The molecule has 0 amide bonds. The van der Waals surface area contributed by atoms with Crippen LogP contribution in [0.4, 0.5) is 11.8 Å². The monoisotopic (exact) mass is 298 g/mol. The van der Waals surface area contributed by atoms with Crippen molar-refractivity contribution in [3.63, 3.8) is 0 Å². The lowest BCUT2D eigenvalue weighted by Gasteiger charge is -2.06. The van der Waals surface area contributed by atoms with Gasteiger partial charge < -0.3 is 11.1 Å². The van der Waals surface area contributed by atoms with Gasteiger partial charge in [-0.3, -0.25) is 4.21 Å². The van der Waals surface area contributed by atoms with Crippen LogP contribution in [0.3, 0.4) is 0 Å². The van der Waals surface area contributed by atoms with Gasteiger partial charge in [0, 0.05) is 33.7 Å². The Hall–Kier alpha value is -1.21. The molecule has 2 aromatic heterocycles. The van der Waals surface area contributed by atoms with Crippen LogP contribution in [0.25, 0.3) is 10.2 Å². The average Bonchev–Trinajstić information content (AvgIpc) is 2.81. The van der Waals surface area contributed by atoms with Crippen LogP contribution in [0.5, 0.6) is 0 Å². The highest BCUT2D eigenvalue weighted by atomic mass is 32.2. The van der Waals surface area contributed by atoms with Crippen molar-refractivity contribution in [3.05, 3.63) is 10.9 Å². The second kappa shape index (κ2) is 6.29. The van der Waals surface area contributed by atoms with Gasteiger partial charge in [-0.25, -0.2) is 4.98 Å². The molecule has 2 heterocycles. The van der Waals surface area contributed by atoms with E-state index in [0.717, 1.165) is 22.5 Å². The van der Waals surface area contributed by atoms with Crippen molar-refractivity contribution >= 4 is 44.1 Å². The van der Waals surface area contributed by atoms with Gasteiger partial charge in [-0.2, -0.15) is 4.98 Å². The van der Waals surface area contributed by atoms with Crippen molar-refractivity contribution in [1.82, 2.24) is 9.97 Å². The minimum absolute atomic E-state index is 0.274. The second-order valence-corrected chi connectivity index (χ2v) is 7.06. The Balaban J connectivity index is 2.21. The fourth-order valence-electron chi connectivity index (χ4n) is 1.72. The molecule has 19 heavy (non-hydrogen) atoms. The van der Waals surface area contributed by atoms with Crippen LogP contribution in [-0.4, -0.2) is 32.2 Å². The lowest BCUT2D eigenvalue weighted by atomic mass is 10.3. The number of aryl methyl sites for hydroxylation is 1. The molecule has 0 saturated heterocycles. The number of nitrogens with one attached hydrogen (secondary N) is 1. The van der Waals surface area contributed by atoms with Crippen molar-refractivity contribution in [1.29, 1.82) is 0 Å². The number of hydrogen-bond acceptors (Lipinski definition) is 6. The summed E-state index contributed by atoms with van der Waals surface area (Å²) in [5.74, 6) is 2.32. The Morgan fingerprint density at radius 2 is 2.21 bits per heavy atom. The number of thiophene rings is 1. The van der Waals surface area contributed by atoms with Crippen LogP contribution in [0.15, 0.2) is 6.07 Å². The van der Waals surface area contributed by atoms with E-state index >= 15 is 0 Å². The standard InChI is InChI=1S/C12H18N4OS2/c1-3-8-7-9-10(14-5-6-19(17)4-2)15-12(13)16-11(9)18-8/h7H,3-6H2,1-2H3,(H3,13,14,15,16). The summed E-state index contributed by atoms with van der Waals surface area (Å²) in [6, 6.07) is 2.10. The number of fused-ring (bicyclic) bond motifs is 1. The molecule has 0 aliphatic rings. The molecule has 0 aliphatic carbocycles. The molecule has 104 valence electrons. The lowest BCUT2D eigenvalue weighted by molar-refractivity contribution is 0.684. The Kier molecular flexibility index (Phi) is 4.71. The summed E-state index contributed by atoms with van der Waals surface area (Å²) in [6.45, 7) is 4.66. The zero-order valence-corrected chi connectivity index (χ0v) is 12.7. The van der Waals surface area contributed by atoms with Crippen molar-refractivity contribution in [3.8, 4) is 0 Å². The van der Waals surface area contributed by atoms with Gasteiger partial charge in [-0.15, -0.1) is 11.3 Å². The summed E-state index contributed by atoms with van der Waals surface area (Å²) < 4.78 is 11.4. The first-order valence-corrected chi connectivity index (χ1v) is 8.59. The fourth-order valence-corrected chi connectivity index (χ4v) is 3.32.